The molecular formula is C11H25N3O2. The van der Waals surface area contributed by atoms with E-state index in [9.17, 15) is 0 Å². The highest BCUT2D eigenvalue weighted by molar-refractivity contribution is 5.85. The summed E-state index contributed by atoms with van der Waals surface area (Å²) in [5, 5.41) is 15.0. The van der Waals surface area contributed by atoms with Crippen LogP contribution in [-0.2, 0) is 4.74 Å². The largest absolute Gasteiger partial charge is 0.409 e. The van der Waals surface area contributed by atoms with Crippen molar-refractivity contribution in [2.45, 2.75) is 27.2 Å². The van der Waals surface area contributed by atoms with Gasteiger partial charge >= 0.3 is 0 Å². The monoisotopic (exact) mass is 231 g/mol. The number of nitrogens with zero attached hydrogens (tertiary/aromatic N) is 1. The highest BCUT2D eigenvalue weighted by Crippen LogP contribution is 2.19. The Morgan fingerprint density at radius 3 is 2.69 bits per heavy atom. The Hall–Kier alpha value is -0.810. The third-order valence-corrected chi connectivity index (χ3v) is 2.67. The molecule has 5 nitrogen and oxygen atoms in total. The van der Waals surface area contributed by atoms with Crippen LogP contribution in [0.5, 0.6) is 0 Å². The van der Waals surface area contributed by atoms with Gasteiger partial charge in [0, 0.05) is 19.1 Å². The van der Waals surface area contributed by atoms with Crippen LogP contribution in [-0.4, -0.2) is 37.8 Å². The van der Waals surface area contributed by atoms with E-state index < -0.39 is 0 Å². The van der Waals surface area contributed by atoms with E-state index in [4.69, 9.17) is 15.7 Å². The first-order chi connectivity index (χ1) is 7.44. The van der Waals surface area contributed by atoms with Crippen LogP contribution >= 0.6 is 0 Å². The molecule has 0 aliphatic heterocycles. The van der Waals surface area contributed by atoms with E-state index >= 15 is 0 Å². The minimum absolute atomic E-state index is 0.272. The first-order valence-electron chi connectivity index (χ1n) is 5.61. The highest BCUT2D eigenvalue weighted by Gasteiger charge is 2.22. The fourth-order valence-electron chi connectivity index (χ4n) is 1.36. The van der Waals surface area contributed by atoms with E-state index in [0.29, 0.717) is 5.92 Å². The van der Waals surface area contributed by atoms with Crippen molar-refractivity contribution < 1.29 is 9.94 Å². The van der Waals surface area contributed by atoms with Gasteiger partial charge < -0.3 is 21.0 Å². The van der Waals surface area contributed by atoms with Gasteiger partial charge in [0.05, 0.1) is 0 Å². The summed E-state index contributed by atoms with van der Waals surface area (Å²) in [6, 6.07) is 0. The van der Waals surface area contributed by atoms with Gasteiger partial charge in [-0.05, 0) is 25.4 Å². The average molecular weight is 231 g/mol. The van der Waals surface area contributed by atoms with Crippen molar-refractivity contribution in [3.05, 3.63) is 0 Å². The third-order valence-electron chi connectivity index (χ3n) is 2.67. The molecule has 0 aromatic carbocycles. The molecule has 0 aliphatic rings. The topological polar surface area (TPSA) is 79.9 Å². The van der Waals surface area contributed by atoms with E-state index in [-0.39, 0.29) is 11.3 Å². The van der Waals surface area contributed by atoms with Gasteiger partial charge in [-0.15, -0.1) is 0 Å². The SMILES string of the molecule is COCC(C)CNCCC(C)(C)C(N)=NO. The summed E-state index contributed by atoms with van der Waals surface area (Å²) in [6.07, 6.45) is 0.836. The summed E-state index contributed by atoms with van der Waals surface area (Å²) in [5.74, 6) is 0.774. The second-order valence-electron chi connectivity index (χ2n) is 4.88. The summed E-state index contributed by atoms with van der Waals surface area (Å²) < 4.78 is 5.05. The number of hydrogen-bond acceptors (Lipinski definition) is 4. The lowest BCUT2D eigenvalue weighted by molar-refractivity contribution is 0.158. The van der Waals surface area contributed by atoms with Gasteiger partial charge in [0.2, 0.25) is 0 Å². The number of amidine groups is 1. The molecule has 16 heavy (non-hydrogen) atoms. The number of methoxy groups -OCH3 is 1. The van der Waals surface area contributed by atoms with Crippen molar-refractivity contribution in [3.63, 3.8) is 0 Å². The highest BCUT2D eigenvalue weighted by atomic mass is 16.5. The minimum Gasteiger partial charge on any atom is -0.409 e. The Morgan fingerprint density at radius 2 is 2.19 bits per heavy atom. The smallest absolute Gasteiger partial charge is 0.144 e. The van der Waals surface area contributed by atoms with Crippen molar-refractivity contribution in [2.75, 3.05) is 26.8 Å². The average Bonchev–Trinajstić information content (AvgIpc) is 2.23. The van der Waals surface area contributed by atoms with Crippen LogP contribution in [0.1, 0.15) is 27.2 Å². The molecule has 96 valence electrons. The third kappa shape index (κ3) is 5.92. The normalized spacial score (nSPS) is 15.1. The Morgan fingerprint density at radius 1 is 1.56 bits per heavy atom. The Kier molecular flexibility index (Phi) is 7.08. The van der Waals surface area contributed by atoms with E-state index in [0.717, 1.165) is 26.1 Å². The van der Waals surface area contributed by atoms with Crippen molar-refractivity contribution in [2.24, 2.45) is 22.2 Å². The first kappa shape index (κ1) is 15.2. The van der Waals surface area contributed by atoms with Crippen LogP contribution in [0.25, 0.3) is 0 Å². The number of nitrogens with one attached hydrogen (secondary N) is 1. The molecule has 1 atom stereocenters. The number of ether oxygens (including phenoxy) is 1. The van der Waals surface area contributed by atoms with Crippen molar-refractivity contribution >= 4 is 5.84 Å². The Balaban J connectivity index is 3.74. The summed E-state index contributed by atoms with van der Waals surface area (Å²) in [4.78, 5) is 0. The van der Waals surface area contributed by atoms with Crippen LogP contribution < -0.4 is 11.1 Å². The van der Waals surface area contributed by atoms with E-state index in [1.54, 1.807) is 7.11 Å². The molecule has 0 aromatic heterocycles. The maximum atomic E-state index is 8.61. The van der Waals surface area contributed by atoms with E-state index in [1.807, 2.05) is 13.8 Å². The second-order valence-corrected chi connectivity index (χ2v) is 4.88. The molecule has 0 radical (unpaired) electrons. The Labute approximate surface area is 98.0 Å². The van der Waals surface area contributed by atoms with Gasteiger partial charge in [-0.3, -0.25) is 0 Å². The fourth-order valence-corrected chi connectivity index (χ4v) is 1.36. The van der Waals surface area contributed by atoms with Crippen molar-refractivity contribution in [1.29, 1.82) is 0 Å². The van der Waals surface area contributed by atoms with Gasteiger partial charge in [0.1, 0.15) is 5.84 Å². The standard InChI is InChI=1S/C11H25N3O2/c1-9(8-16-4)7-13-6-5-11(2,3)10(12)14-15/h9,13,15H,5-8H2,1-4H3,(H2,12,14). The molecule has 0 heterocycles. The van der Waals surface area contributed by atoms with E-state index in [2.05, 4.69) is 17.4 Å². The van der Waals surface area contributed by atoms with Crippen molar-refractivity contribution in [3.8, 4) is 0 Å². The first-order valence-corrected chi connectivity index (χ1v) is 5.61. The van der Waals surface area contributed by atoms with Crippen LogP contribution in [0, 0.1) is 11.3 Å². The van der Waals surface area contributed by atoms with Gasteiger partial charge in [-0.1, -0.05) is 25.9 Å². The summed E-state index contributed by atoms with van der Waals surface area (Å²) in [5.41, 5.74) is 5.32. The Bertz CT molecular complexity index is 217. The zero-order valence-electron chi connectivity index (χ0n) is 10.8. The van der Waals surface area contributed by atoms with Crippen molar-refractivity contribution in [1.82, 2.24) is 5.32 Å². The molecule has 0 rings (SSSR count). The summed E-state index contributed by atoms with van der Waals surface area (Å²) in [6.45, 7) is 8.57. The molecule has 5 heteroatoms. The van der Waals surface area contributed by atoms with Gasteiger partial charge in [0.25, 0.3) is 0 Å². The van der Waals surface area contributed by atoms with E-state index in [1.165, 1.54) is 0 Å². The van der Waals surface area contributed by atoms with Crippen LogP contribution in [0.15, 0.2) is 5.16 Å². The van der Waals surface area contributed by atoms with Crippen LogP contribution in [0.4, 0.5) is 0 Å². The van der Waals surface area contributed by atoms with Gasteiger partial charge in [-0.2, -0.15) is 0 Å². The molecule has 0 aliphatic carbocycles. The lowest BCUT2D eigenvalue weighted by Crippen LogP contribution is -2.35. The number of rotatable bonds is 8. The van der Waals surface area contributed by atoms with Gasteiger partial charge in [0.15, 0.2) is 0 Å². The maximum Gasteiger partial charge on any atom is 0.144 e. The molecular weight excluding hydrogens is 206 g/mol. The fraction of sp³-hybridized carbons (Fsp3) is 0.909. The zero-order chi connectivity index (χ0) is 12.6. The summed E-state index contributed by atoms with van der Waals surface area (Å²) in [7, 11) is 1.71. The van der Waals surface area contributed by atoms with Crippen LogP contribution in [0.3, 0.4) is 0 Å². The van der Waals surface area contributed by atoms with Gasteiger partial charge in [-0.25, -0.2) is 0 Å². The molecule has 0 aromatic rings. The molecule has 4 N–H and O–H groups in total. The lowest BCUT2D eigenvalue weighted by Gasteiger charge is -2.23. The minimum atomic E-state index is -0.272. The molecule has 0 amide bonds. The summed E-state index contributed by atoms with van der Waals surface area (Å²) >= 11 is 0. The van der Waals surface area contributed by atoms with Crippen LogP contribution in [0.2, 0.25) is 0 Å². The maximum absolute atomic E-state index is 8.61. The molecule has 0 saturated heterocycles. The quantitative estimate of drug-likeness (QED) is 0.191. The lowest BCUT2D eigenvalue weighted by atomic mass is 9.88. The molecule has 1 unspecified atom stereocenters. The molecule has 0 fully saturated rings. The number of hydrogen-bond donors (Lipinski definition) is 3. The number of oxime groups is 1. The number of nitrogens with two attached hydrogens (primary N) is 1. The molecule has 0 bridgehead atoms. The zero-order valence-corrected chi connectivity index (χ0v) is 10.8. The second kappa shape index (κ2) is 7.46. The molecule has 0 spiro atoms. The molecule has 0 saturated carbocycles. The predicted octanol–water partition coefficient (Wildman–Crippen LogP) is 1.02. The predicted molar refractivity (Wildman–Crippen MR) is 65.7 cm³/mol.